The molecule has 1 saturated heterocycles. The third kappa shape index (κ3) is 11.9. The highest BCUT2D eigenvalue weighted by Crippen LogP contribution is 2.35. The maximum atomic E-state index is 5.96. The predicted molar refractivity (Wildman–Crippen MR) is 239 cm³/mol. The Balaban J connectivity index is 0.00000169. The first-order valence-corrected chi connectivity index (χ1v) is 20.4. The van der Waals surface area contributed by atoms with Crippen molar-refractivity contribution in [2.75, 3.05) is 28.6 Å². The second-order valence-corrected chi connectivity index (χ2v) is 13.3. The smallest absolute Gasteiger partial charge is 0.247 e. The number of nitrogens with two attached hydrogens (primary N) is 1. The number of aromatic nitrogens is 4. The van der Waals surface area contributed by atoms with Gasteiger partial charge in [0.1, 0.15) is 0 Å². The topological polar surface area (TPSA) is 122 Å². The van der Waals surface area contributed by atoms with Gasteiger partial charge in [-0.2, -0.15) is 0 Å². The number of piperidine rings is 1. The van der Waals surface area contributed by atoms with Gasteiger partial charge in [-0.05, 0) is 105 Å². The van der Waals surface area contributed by atoms with Gasteiger partial charge in [0, 0.05) is 60.7 Å². The van der Waals surface area contributed by atoms with Crippen molar-refractivity contribution in [1.29, 1.82) is 0 Å². The predicted octanol–water partition coefficient (Wildman–Crippen LogP) is 10.9. The van der Waals surface area contributed by atoms with Crippen molar-refractivity contribution in [2.45, 2.75) is 92.4 Å². The van der Waals surface area contributed by atoms with E-state index in [4.69, 9.17) is 10.8 Å². The highest BCUT2D eigenvalue weighted by molar-refractivity contribution is 5.89. The van der Waals surface area contributed by atoms with Crippen LogP contribution in [0.5, 0.6) is 0 Å². The fourth-order valence-electron chi connectivity index (χ4n) is 6.71. The second kappa shape index (κ2) is 23.2. The SMILES string of the molecule is C=N/C(=C\c1cc(-c2ccc(N3CCCCC3)cc2Nc2cccnc2)n/c(=N/N)n1C)c1ccc(CCCCCCC)cc1Nc1cccnc1.CC.CC. The molecule has 0 atom stereocenters. The Morgan fingerprint density at radius 2 is 1.50 bits per heavy atom. The van der Waals surface area contributed by atoms with E-state index in [0.29, 0.717) is 11.3 Å². The van der Waals surface area contributed by atoms with Crippen molar-refractivity contribution in [2.24, 2.45) is 23.0 Å². The van der Waals surface area contributed by atoms with Crippen molar-refractivity contribution in [3.63, 3.8) is 0 Å². The van der Waals surface area contributed by atoms with Crippen LogP contribution < -0.4 is 27.0 Å². The molecule has 3 aromatic heterocycles. The summed E-state index contributed by atoms with van der Waals surface area (Å²) in [5.74, 6) is 5.96. The fourth-order valence-corrected chi connectivity index (χ4v) is 6.71. The monoisotopic (exact) mass is 755 g/mol. The van der Waals surface area contributed by atoms with Crippen LogP contribution in [0.2, 0.25) is 0 Å². The lowest BCUT2D eigenvalue weighted by molar-refractivity contribution is 0.578. The molecule has 2 aromatic carbocycles. The summed E-state index contributed by atoms with van der Waals surface area (Å²) >= 11 is 0. The summed E-state index contributed by atoms with van der Waals surface area (Å²) in [5, 5.41) is 11.3. The molecule has 56 heavy (non-hydrogen) atoms. The number of unbranched alkanes of at least 4 members (excludes halogenated alkanes) is 4. The molecule has 5 aromatic rings. The first kappa shape index (κ1) is 43.0. The van der Waals surface area contributed by atoms with Gasteiger partial charge in [0.15, 0.2) is 0 Å². The van der Waals surface area contributed by atoms with Gasteiger partial charge in [-0.25, -0.2) is 4.98 Å². The lowest BCUT2D eigenvalue weighted by Gasteiger charge is -2.29. The van der Waals surface area contributed by atoms with E-state index in [1.165, 1.54) is 56.2 Å². The summed E-state index contributed by atoms with van der Waals surface area (Å²) in [5.41, 5.74) is 10.6. The number of aliphatic imine (C=N–C) groups is 1. The zero-order chi connectivity index (χ0) is 40.1. The Bertz CT molecular complexity index is 2030. The van der Waals surface area contributed by atoms with Crippen molar-refractivity contribution in [3.05, 3.63) is 114 Å². The third-order valence-electron chi connectivity index (χ3n) is 9.57. The molecule has 0 saturated carbocycles. The van der Waals surface area contributed by atoms with E-state index in [1.54, 1.807) is 12.4 Å². The van der Waals surface area contributed by atoms with Gasteiger partial charge in [-0.1, -0.05) is 72.4 Å². The summed E-state index contributed by atoms with van der Waals surface area (Å²) in [7, 11) is 1.90. The minimum Gasteiger partial charge on any atom is -0.371 e. The minimum absolute atomic E-state index is 0.381. The number of pyridine rings is 2. The average Bonchev–Trinajstić information content (AvgIpc) is 3.26. The third-order valence-corrected chi connectivity index (χ3v) is 9.57. The maximum Gasteiger partial charge on any atom is 0.247 e. The molecular weight excluding hydrogens is 693 g/mol. The number of nitrogens with zero attached hydrogens (tertiary/aromatic N) is 7. The first-order valence-electron chi connectivity index (χ1n) is 20.4. The van der Waals surface area contributed by atoms with Crippen molar-refractivity contribution in [1.82, 2.24) is 19.5 Å². The Labute approximate surface area is 334 Å². The van der Waals surface area contributed by atoms with E-state index in [-0.39, 0.29) is 0 Å². The van der Waals surface area contributed by atoms with Crippen LogP contribution in [0.4, 0.5) is 28.4 Å². The normalized spacial score (nSPS) is 12.9. The Morgan fingerprint density at radius 1 is 0.821 bits per heavy atom. The molecule has 296 valence electrons. The standard InChI is InChI=1S/C42H50N10.2C2H6/c1-4-5-6-7-9-14-31-17-19-36(39(25-31)47-32-15-12-21-45-29-32)38(44-2)27-35-28-41(49-42(50-43)51(35)3)37-20-18-34(52-23-10-8-11-24-52)26-40(37)48-33-16-13-22-46-30-33;2*1-2/h12-13,15-22,25-30,47-48H,2,4-11,14,23-24,43H2,1,3H3;2*1-2H3/b38-27-,50-42-;;. The van der Waals surface area contributed by atoms with Crippen molar-refractivity contribution < 1.29 is 0 Å². The number of rotatable bonds is 15. The number of benzene rings is 2. The minimum atomic E-state index is 0.381. The largest absolute Gasteiger partial charge is 0.371 e. The number of aryl methyl sites for hydroxylation is 1. The summed E-state index contributed by atoms with van der Waals surface area (Å²) in [4.78, 5) is 20.6. The molecule has 6 rings (SSSR count). The van der Waals surface area contributed by atoms with Crippen LogP contribution in [0.3, 0.4) is 0 Å². The van der Waals surface area contributed by atoms with Crippen LogP contribution in [-0.2, 0) is 13.5 Å². The molecule has 0 spiro atoms. The van der Waals surface area contributed by atoms with E-state index in [0.717, 1.165) is 71.2 Å². The molecule has 0 bridgehead atoms. The zero-order valence-corrected chi connectivity index (χ0v) is 34.4. The summed E-state index contributed by atoms with van der Waals surface area (Å²) in [6, 6.07) is 23.0. The van der Waals surface area contributed by atoms with Gasteiger partial charge in [0.05, 0.1) is 40.8 Å². The van der Waals surface area contributed by atoms with Crippen molar-refractivity contribution in [3.8, 4) is 11.3 Å². The molecule has 4 N–H and O–H groups in total. The summed E-state index contributed by atoms with van der Waals surface area (Å²) in [6.45, 7) is 16.3. The summed E-state index contributed by atoms with van der Waals surface area (Å²) in [6.07, 6.45) is 20.1. The molecule has 1 fully saturated rings. The number of nitrogens with one attached hydrogen (secondary N) is 2. The Hall–Kier alpha value is -5.77. The molecule has 10 heteroatoms. The molecule has 0 radical (unpaired) electrons. The molecule has 0 unspecified atom stereocenters. The first-order chi connectivity index (χ1) is 27.6. The van der Waals surface area contributed by atoms with E-state index in [1.807, 2.05) is 88.1 Å². The Kier molecular flexibility index (Phi) is 17.8. The highest BCUT2D eigenvalue weighted by Gasteiger charge is 2.17. The number of anilines is 5. The fraction of sp³-hybridized carbons (Fsp3) is 0.370. The van der Waals surface area contributed by atoms with Crippen LogP contribution in [0.15, 0.2) is 102 Å². The van der Waals surface area contributed by atoms with E-state index in [9.17, 15) is 0 Å². The zero-order valence-electron chi connectivity index (χ0n) is 34.4. The van der Waals surface area contributed by atoms with E-state index < -0.39 is 0 Å². The maximum absolute atomic E-state index is 5.96. The van der Waals surface area contributed by atoms with Gasteiger partial charge in [0.25, 0.3) is 0 Å². The van der Waals surface area contributed by atoms with Crippen LogP contribution >= 0.6 is 0 Å². The van der Waals surface area contributed by atoms with Gasteiger partial charge in [-0.3, -0.25) is 15.0 Å². The Morgan fingerprint density at radius 3 is 2.12 bits per heavy atom. The second-order valence-electron chi connectivity index (χ2n) is 13.3. The van der Waals surface area contributed by atoms with Crippen LogP contribution in [0.1, 0.15) is 103 Å². The van der Waals surface area contributed by atoms with Crippen LogP contribution in [0, 0.1) is 0 Å². The van der Waals surface area contributed by atoms with Crippen molar-refractivity contribution >= 4 is 46.9 Å². The number of hydrogen-bond acceptors (Lipinski definition) is 9. The summed E-state index contributed by atoms with van der Waals surface area (Å²) < 4.78 is 1.86. The molecule has 0 aliphatic carbocycles. The molecule has 0 amide bonds. The van der Waals surface area contributed by atoms with E-state index in [2.05, 4.69) is 85.6 Å². The molecule has 4 heterocycles. The number of hydrogen-bond donors (Lipinski definition) is 3. The highest BCUT2D eigenvalue weighted by atomic mass is 15.2. The van der Waals surface area contributed by atoms with Gasteiger partial charge >= 0.3 is 0 Å². The molecular formula is C46H62N10. The molecule has 1 aliphatic rings. The average molecular weight is 755 g/mol. The molecule has 10 nitrogen and oxygen atoms in total. The van der Waals surface area contributed by atoms with Crippen LogP contribution in [-0.4, -0.2) is 39.3 Å². The quantitative estimate of drug-likeness (QED) is 0.0421. The van der Waals surface area contributed by atoms with E-state index >= 15 is 0 Å². The lowest BCUT2D eigenvalue weighted by Crippen LogP contribution is -2.29. The van der Waals surface area contributed by atoms with Gasteiger partial charge in [-0.15, -0.1) is 5.10 Å². The lowest BCUT2D eigenvalue weighted by atomic mass is 10.0. The van der Waals surface area contributed by atoms with Gasteiger partial charge in [0.2, 0.25) is 5.62 Å². The van der Waals surface area contributed by atoms with Gasteiger partial charge < -0.3 is 25.9 Å². The van der Waals surface area contributed by atoms with Crippen LogP contribution in [0.25, 0.3) is 23.0 Å². The molecule has 1 aliphatic heterocycles.